The molecule has 8 heteroatoms. The molecule has 156 valence electrons. The van der Waals surface area contributed by atoms with E-state index < -0.39 is 0 Å². The topological polar surface area (TPSA) is 72.7 Å². The number of rotatable bonds is 8. The maximum absolute atomic E-state index is 12.9. The number of aryl methyl sites for hydroxylation is 1. The summed E-state index contributed by atoms with van der Waals surface area (Å²) >= 11 is 0. The highest BCUT2D eigenvalue weighted by atomic mass is 16.7. The van der Waals surface area contributed by atoms with E-state index in [1.165, 1.54) is 0 Å². The number of carbonyl (C=O) groups excluding carboxylic acids is 1. The van der Waals surface area contributed by atoms with Crippen molar-refractivity contribution in [1.29, 1.82) is 0 Å². The average Bonchev–Trinajstić information content (AvgIpc) is 3.31. The summed E-state index contributed by atoms with van der Waals surface area (Å²) in [5.41, 5.74) is 3.72. The highest BCUT2D eigenvalue weighted by Crippen LogP contribution is 2.26. The second-order valence-electron chi connectivity index (χ2n) is 7.19. The third-order valence-electron chi connectivity index (χ3n) is 5.15. The number of benzene rings is 2. The summed E-state index contributed by atoms with van der Waals surface area (Å²) in [6, 6.07) is 17.7. The Labute approximate surface area is 175 Å². The lowest BCUT2D eigenvalue weighted by atomic mass is 10.1. The molecule has 30 heavy (non-hydrogen) atoms. The van der Waals surface area contributed by atoms with Gasteiger partial charge in [-0.3, -0.25) is 0 Å². The molecule has 2 heterocycles. The Morgan fingerprint density at radius 1 is 0.967 bits per heavy atom. The zero-order valence-corrected chi connectivity index (χ0v) is 17.2. The smallest absolute Gasteiger partial charge is 0.320 e. The SMILES string of the molecule is COCOc1ccc(-c2nnn(C)c2CN2CCN(Cc3ccccc3)C2=O)cc1. The van der Waals surface area contributed by atoms with E-state index in [9.17, 15) is 4.79 Å². The van der Waals surface area contributed by atoms with Crippen LogP contribution in [0.1, 0.15) is 11.3 Å². The van der Waals surface area contributed by atoms with Crippen LogP contribution < -0.4 is 4.74 Å². The molecule has 4 rings (SSSR count). The van der Waals surface area contributed by atoms with E-state index in [0.29, 0.717) is 26.2 Å². The van der Waals surface area contributed by atoms with E-state index in [2.05, 4.69) is 10.3 Å². The molecule has 1 fully saturated rings. The number of ether oxygens (including phenoxy) is 2. The van der Waals surface area contributed by atoms with Crippen LogP contribution in [0.25, 0.3) is 11.3 Å². The highest BCUT2D eigenvalue weighted by molar-refractivity contribution is 5.77. The Bertz CT molecular complexity index is 988. The van der Waals surface area contributed by atoms with Crippen molar-refractivity contribution in [3.05, 3.63) is 65.9 Å². The summed E-state index contributed by atoms with van der Waals surface area (Å²) in [6.45, 7) is 2.67. The molecule has 1 saturated heterocycles. The molecule has 8 nitrogen and oxygen atoms in total. The lowest BCUT2D eigenvalue weighted by Gasteiger charge is -2.19. The van der Waals surface area contributed by atoms with Crippen LogP contribution in [0.3, 0.4) is 0 Å². The van der Waals surface area contributed by atoms with Gasteiger partial charge in [-0.1, -0.05) is 35.5 Å². The third-order valence-corrected chi connectivity index (χ3v) is 5.15. The monoisotopic (exact) mass is 407 g/mol. The van der Waals surface area contributed by atoms with Gasteiger partial charge in [-0.2, -0.15) is 0 Å². The van der Waals surface area contributed by atoms with E-state index in [1.807, 2.05) is 71.4 Å². The highest BCUT2D eigenvalue weighted by Gasteiger charge is 2.30. The first-order valence-corrected chi connectivity index (χ1v) is 9.84. The molecule has 1 aromatic heterocycles. The fourth-order valence-corrected chi connectivity index (χ4v) is 3.53. The van der Waals surface area contributed by atoms with Crippen molar-refractivity contribution in [1.82, 2.24) is 24.8 Å². The predicted octanol–water partition coefficient (Wildman–Crippen LogP) is 2.90. The van der Waals surface area contributed by atoms with Gasteiger partial charge >= 0.3 is 6.03 Å². The molecule has 0 bridgehead atoms. The maximum Gasteiger partial charge on any atom is 0.320 e. The molecule has 2 amide bonds. The van der Waals surface area contributed by atoms with Gasteiger partial charge < -0.3 is 19.3 Å². The van der Waals surface area contributed by atoms with E-state index in [1.54, 1.807) is 11.8 Å². The lowest BCUT2D eigenvalue weighted by molar-refractivity contribution is 0.0511. The second kappa shape index (κ2) is 8.96. The van der Waals surface area contributed by atoms with Crippen molar-refractivity contribution < 1.29 is 14.3 Å². The molecule has 0 aliphatic carbocycles. The molecular weight excluding hydrogens is 382 g/mol. The van der Waals surface area contributed by atoms with Crippen LogP contribution in [-0.2, 0) is 24.9 Å². The van der Waals surface area contributed by atoms with Crippen molar-refractivity contribution in [2.45, 2.75) is 13.1 Å². The Balaban J connectivity index is 1.46. The number of aromatic nitrogens is 3. The Morgan fingerprint density at radius 3 is 2.37 bits per heavy atom. The molecule has 0 atom stereocenters. The van der Waals surface area contributed by atoms with Crippen molar-refractivity contribution in [2.75, 3.05) is 27.0 Å². The van der Waals surface area contributed by atoms with E-state index in [0.717, 1.165) is 28.3 Å². The summed E-state index contributed by atoms with van der Waals surface area (Å²) in [6.07, 6.45) is 0. The zero-order valence-electron chi connectivity index (χ0n) is 17.2. The number of hydrogen-bond acceptors (Lipinski definition) is 5. The molecule has 0 N–H and O–H groups in total. The first-order valence-electron chi connectivity index (χ1n) is 9.84. The molecule has 1 aliphatic heterocycles. The van der Waals surface area contributed by atoms with Crippen LogP contribution in [0.15, 0.2) is 54.6 Å². The van der Waals surface area contributed by atoms with Gasteiger partial charge in [0.1, 0.15) is 11.4 Å². The molecule has 3 aromatic rings. The number of urea groups is 1. The molecule has 2 aromatic carbocycles. The minimum atomic E-state index is 0.0364. The van der Waals surface area contributed by atoms with Crippen LogP contribution in [0.2, 0.25) is 0 Å². The van der Waals surface area contributed by atoms with Gasteiger partial charge in [-0.05, 0) is 29.8 Å². The number of carbonyl (C=O) groups is 1. The zero-order chi connectivity index (χ0) is 20.9. The second-order valence-corrected chi connectivity index (χ2v) is 7.19. The number of nitrogens with zero attached hydrogens (tertiary/aromatic N) is 5. The number of hydrogen-bond donors (Lipinski definition) is 0. The summed E-state index contributed by atoms with van der Waals surface area (Å²) in [7, 11) is 3.44. The van der Waals surface area contributed by atoms with Crippen LogP contribution >= 0.6 is 0 Å². The quantitative estimate of drug-likeness (QED) is 0.537. The molecule has 0 radical (unpaired) electrons. The average molecular weight is 407 g/mol. The summed E-state index contributed by atoms with van der Waals surface area (Å²) in [5, 5.41) is 8.51. The molecule has 0 unspecified atom stereocenters. The van der Waals surface area contributed by atoms with Gasteiger partial charge in [0, 0.05) is 39.4 Å². The lowest BCUT2D eigenvalue weighted by Crippen LogP contribution is -2.31. The molecule has 0 saturated carbocycles. The minimum absolute atomic E-state index is 0.0364. The fourth-order valence-electron chi connectivity index (χ4n) is 3.53. The van der Waals surface area contributed by atoms with E-state index in [4.69, 9.17) is 9.47 Å². The van der Waals surface area contributed by atoms with E-state index >= 15 is 0 Å². The molecule has 1 aliphatic rings. The van der Waals surface area contributed by atoms with Gasteiger partial charge in [0.05, 0.1) is 12.2 Å². The standard InChI is InChI=1S/C22H25N5O3/c1-25-20(21(23-24-25)18-8-10-19(11-9-18)30-16-29-2)15-27-13-12-26(22(27)28)14-17-6-4-3-5-7-17/h3-11H,12-16H2,1-2H3. The van der Waals surface area contributed by atoms with Crippen LogP contribution in [0.5, 0.6) is 5.75 Å². The van der Waals surface area contributed by atoms with Crippen molar-refractivity contribution in [3.63, 3.8) is 0 Å². The number of methoxy groups -OCH3 is 1. The van der Waals surface area contributed by atoms with Gasteiger partial charge in [0.15, 0.2) is 6.79 Å². The predicted molar refractivity (Wildman–Crippen MR) is 112 cm³/mol. The van der Waals surface area contributed by atoms with Gasteiger partial charge in [-0.25, -0.2) is 9.48 Å². The third kappa shape index (κ3) is 4.28. The molecule has 0 spiro atoms. The maximum atomic E-state index is 12.9. The van der Waals surface area contributed by atoms with Gasteiger partial charge in [-0.15, -0.1) is 5.10 Å². The number of amides is 2. The summed E-state index contributed by atoms with van der Waals surface area (Å²) < 4.78 is 12.1. The normalized spacial score (nSPS) is 13.9. The minimum Gasteiger partial charge on any atom is -0.468 e. The fraction of sp³-hybridized carbons (Fsp3) is 0.318. The first kappa shape index (κ1) is 19.9. The van der Waals surface area contributed by atoms with Crippen LogP contribution in [0, 0.1) is 0 Å². The van der Waals surface area contributed by atoms with Crippen molar-refractivity contribution in [2.24, 2.45) is 7.05 Å². The van der Waals surface area contributed by atoms with Gasteiger partial charge in [0.25, 0.3) is 0 Å². The van der Waals surface area contributed by atoms with Crippen LogP contribution in [-0.4, -0.2) is 57.8 Å². The molecular formula is C22H25N5O3. The van der Waals surface area contributed by atoms with Gasteiger partial charge in [0.2, 0.25) is 0 Å². The largest absolute Gasteiger partial charge is 0.468 e. The van der Waals surface area contributed by atoms with E-state index in [-0.39, 0.29) is 12.8 Å². The Hall–Kier alpha value is -3.39. The van der Waals surface area contributed by atoms with Crippen molar-refractivity contribution >= 4 is 6.03 Å². The summed E-state index contributed by atoms with van der Waals surface area (Å²) in [4.78, 5) is 16.6. The van der Waals surface area contributed by atoms with Crippen LogP contribution in [0.4, 0.5) is 4.79 Å². The Kier molecular flexibility index (Phi) is 5.94. The van der Waals surface area contributed by atoms with Crippen molar-refractivity contribution in [3.8, 4) is 17.0 Å². The Morgan fingerprint density at radius 2 is 1.67 bits per heavy atom. The summed E-state index contributed by atoms with van der Waals surface area (Å²) in [5.74, 6) is 0.720. The first-order chi connectivity index (χ1) is 14.7.